The second-order valence-electron chi connectivity index (χ2n) is 10.2. The number of carbonyl (C=O) groups is 2. The van der Waals surface area contributed by atoms with Crippen LogP contribution in [-0.4, -0.2) is 68.5 Å². The second-order valence-corrected chi connectivity index (χ2v) is 12.0. The molecule has 0 radical (unpaired) electrons. The molecule has 0 aromatic heterocycles. The van der Waals surface area contributed by atoms with E-state index in [4.69, 9.17) is 4.74 Å². The number of hydrogen-bond donors (Lipinski definition) is 2. The molecule has 13 heteroatoms. The van der Waals surface area contributed by atoms with E-state index in [0.29, 0.717) is 31.7 Å². The van der Waals surface area contributed by atoms with Crippen molar-refractivity contribution in [1.82, 2.24) is 19.8 Å². The van der Waals surface area contributed by atoms with Crippen molar-refractivity contribution in [2.24, 2.45) is 0 Å². The lowest BCUT2D eigenvalue weighted by molar-refractivity contribution is -0.137. The lowest BCUT2D eigenvalue weighted by Crippen LogP contribution is -2.52. The Labute approximate surface area is 226 Å². The van der Waals surface area contributed by atoms with E-state index in [-0.39, 0.29) is 36.5 Å². The van der Waals surface area contributed by atoms with Gasteiger partial charge in [-0.2, -0.15) is 13.2 Å². The molecule has 3 rings (SSSR count). The van der Waals surface area contributed by atoms with Gasteiger partial charge in [-0.3, -0.25) is 9.69 Å². The molecule has 0 aliphatic carbocycles. The van der Waals surface area contributed by atoms with Gasteiger partial charge < -0.3 is 15.0 Å². The maximum atomic E-state index is 12.7. The SMILES string of the molecule is CC(C)(C)OC(=O)N1CCN(CC(=O)NCc2cccc(CNS(=O)(=O)c3ccc(C(F)(F)F)cc3)c2)CC1. The molecule has 214 valence electrons. The van der Waals surface area contributed by atoms with Crippen LogP contribution in [0, 0.1) is 0 Å². The molecule has 1 heterocycles. The average molecular weight is 571 g/mol. The van der Waals surface area contributed by atoms with Crippen LogP contribution in [0.25, 0.3) is 0 Å². The number of alkyl halides is 3. The Morgan fingerprint density at radius 1 is 0.923 bits per heavy atom. The third kappa shape index (κ3) is 9.52. The lowest BCUT2D eigenvalue weighted by Gasteiger charge is -2.35. The molecule has 2 aromatic carbocycles. The van der Waals surface area contributed by atoms with Crippen molar-refractivity contribution in [2.75, 3.05) is 32.7 Å². The number of rotatable bonds is 8. The fourth-order valence-corrected chi connectivity index (χ4v) is 4.83. The summed E-state index contributed by atoms with van der Waals surface area (Å²) in [6.07, 6.45) is -4.92. The number of amides is 2. The van der Waals surface area contributed by atoms with Crippen molar-refractivity contribution in [2.45, 2.75) is 50.5 Å². The molecule has 2 amide bonds. The predicted octanol–water partition coefficient (Wildman–Crippen LogP) is 3.35. The van der Waals surface area contributed by atoms with Crippen molar-refractivity contribution in [3.63, 3.8) is 0 Å². The molecule has 2 N–H and O–H groups in total. The fourth-order valence-electron chi connectivity index (χ4n) is 3.81. The van der Waals surface area contributed by atoms with Crippen molar-refractivity contribution in [1.29, 1.82) is 0 Å². The van der Waals surface area contributed by atoms with Crippen molar-refractivity contribution in [3.8, 4) is 0 Å². The average Bonchev–Trinajstić information content (AvgIpc) is 2.85. The van der Waals surface area contributed by atoms with Crippen LogP contribution in [-0.2, 0) is 38.8 Å². The highest BCUT2D eigenvalue weighted by molar-refractivity contribution is 7.89. The molecular formula is C26H33F3N4O5S. The first kappa shape index (κ1) is 30.4. The topological polar surface area (TPSA) is 108 Å². The number of piperazine rings is 1. The predicted molar refractivity (Wildman–Crippen MR) is 138 cm³/mol. The van der Waals surface area contributed by atoms with Gasteiger partial charge in [0, 0.05) is 39.3 Å². The van der Waals surface area contributed by atoms with Gasteiger partial charge in [0.15, 0.2) is 0 Å². The van der Waals surface area contributed by atoms with E-state index < -0.39 is 27.4 Å². The van der Waals surface area contributed by atoms with E-state index >= 15 is 0 Å². The Morgan fingerprint density at radius 2 is 1.51 bits per heavy atom. The maximum absolute atomic E-state index is 12.7. The van der Waals surface area contributed by atoms with Crippen LogP contribution in [0.2, 0.25) is 0 Å². The minimum atomic E-state index is -4.55. The number of nitrogens with one attached hydrogen (secondary N) is 2. The number of nitrogens with zero attached hydrogens (tertiary/aromatic N) is 2. The highest BCUT2D eigenvalue weighted by atomic mass is 32.2. The molecule has 1 saturated heterocycles. The highest BCUT2D eigenvalue weighted by Gasteiger charge is 2.30. The normalized spacial score (nSPS) is 15.2. The zero-order valence-corrected chi connectivity index (χ0v) is 22.9. The van der Waals surface area contributed by atoms with Crippen LogP contribution < -0.4 is 10.0 Å². The summed E-state index contributed by atoms with van der Waals surface area (Å²) in [7, 11) is -4.02. The first-order valence-corrected chi connectivity index (χ1v) is 13.8. The van der Waals surface area contributed by atoms with Crippen LogP contribution in [0.1, 0.15) is 37.5 Å². The second kappa shape index (κ2) is 12.3. The Morgan fingerprint density at radius 3 is 2.08 bits per heavy atom. The molecule has 1 fully saturated rings. The quantitative estimate of drug-likeness (QED) is 0.504. The zero-order chi connectivity index (χ0) is 28.8. The molecule has 0 saturated carbocycles. The summed E-state index contributed by atoms with van der Waals surface area (Å²) in [5, 5.41) is 2.84. The summed E-state index contributed by atoms with van der Waals surface area (Å²) in [5.41, 5.74) is -0.124. The molecule has 0 unspecified atom stereocenters. The Balaban J connectivity index is 1.45. The third-order valence-electron chi connectivity index (χ3n) is 5.83. The Kier molecular flexibility index (Phi) is 9.62. The molecule has 0 bridgehead atoms. The molecule has 9 nitrogen and oxygen atoms in total. The van der Waals surface area contributed by atoms with E-state index in [2.05, 4.69) is 10.0 Å². The molecule has 39 heavy (non-hydrogen) atoms. The summed E-state index contributed by atoms with van der Waals surface area (Å²) in [6.45, 7) is 7.77. The van der Waals surface area contributed by atoms with E-state index in [1.807, 2.05) is 25.7 Å². The largest absolute Gasteiger partial charge is 0.444 e. The Hall–Kier alpha value is -3.16. The molecule has 1 aliphatic heterocycles. The Bertz CT molecular complexity index is 1250. The number of hydrogen-bond acceptors (Lipinski definition) is 6. The first-order valence-electron chi connectivity index (χ1n) is 12.3. The lowest BCUT2D eigenvalue weighted by atomic mass is 10.1. The van der Waals surface area contributed by atoms with Crippen molar-refractivity contribution < 1.29 is 35.9 Å². The molecule has 0 atom stereocenters. The van der Waals surface area contributed by atoms with Crippen LogP contribution in [0.5, 0.6) is 0 Å². The number of halogens is 3. The number of carbonyl (C=O) groups excluding carboxylic acids is 2. The van der Waals surface area contributed by atoms with E-state index in [9.17, 15) is 31.2 Å². The van der Waals surface area contributed by atoms with E-state index in [1.54, 1.807) is 29.2 Å². The zero-order valence-electron chi connectivity index (χ0n) is 22.0. The summed E-state index contributed by atoms with van der Waals surface area (Å²) >= 11 is 0. The number of ether oxygens (including phenoxy) is 1. The van der Waals surface area contributed by atoms with Crippen LogP contribution in [0.4, 0.5) is 18.0 Å². The van der Waals surface area contributed by atoms with Crippen molar-refractivity contribution >= 4 is 22.0 Å². The van der Waals surface area contributed by atoms with Crippen LogP contribution >= 0.6 is 0 Å². The highest BCUT2D eigenvalue weighted by Crippen LogP contribution is 2.29. The van der Waals surface area contributed by atoms with Crippen LogP contribution in [0.15, 0.2) is 53.4 Å². The minimum Gasteiger partial charge on any atom is -0.444 e. The van der Waals surface area contributed by atoms with Gasteiger partial charge in [-0.25, -0.2) is 17.9 Å². The fraction of sp³-hybridized carbons (Fsp3) is 0.462. The molecule has 0 spiro atoms. The van der Waals surface area contributed by atoms with Gasteiger partial charge >= 0.3 is 12.3 Å². The van der Waals surface area contributed by atoms with E-state index in [0.717, 1.165) is 29.8 Å². The molecular weight excluding hydrogens is 537 g/mol. The summed E-state index contributed by atoms with van der Waals surface area (Å²) in [6, 6.07) is 10.2. The standard InChI is InChI=1S/C26H33F3N4O5S/c1-25(2,3)38-24(35)33-13-11-32(12-14-33)18-23(34)30-16-19-5-4-6-20(15-19)17-31-39(36,37)22-9-7-21(8-10-22)26(27,28)29/h4-10,15,31H,11-14,16-18H2,1-3H3,(H,30,34). The van der Waals surface area contributed by atoms with Crippen molar-refractivity contribution in [3.05, 3.63) is 65.2 Å². The van der Waals surface area contributed by atoms with Gasteiger partial charge in [-0.05, 0) is 56.2 Å². The monoisotopic (exact) mass is 570 g/mol. The molecule has 1 aliphatic rings. The van der Waals surface area contributed by atoms with Gasteiger partial charge in [0.25, 0.3) is 0 Å². The van der Waals surface area contributed by atoms with Gasteiger partial charge in [0.2, 0.25) is 15.9 Å². The maximum Gasteiger partial charge on any atom is 0.416 e. The smallest absolute Gasteiger partial charge is 0.416 e. The number of sulfonamides is 1. The third-order valence-corrected chi connectivity index (χ3v) is 7.25. The molecule has 2 aromatic rings. The van der Waals surface area contributed by atoms with Gasteiger partial charge in [0.1, 0.15) is 5.60 Å². The minimum absolute atomic E-state index is 0.0763. The summed E-state index contributed by atoms with van der Waals surface area (Å²) in [5.74, 6) is -0.186. The first-order chi connectivity index (χ1) is 18.1. The van der Waals surface area contributed by atoms with Gasteiger partial charge in [-0.1, -0.05) is 24.3 Å². The number of benzene rings is 2. The summed E-state index contributed by atoms with van der Waals surface area (Å²) in [4.78, 5) is 27.9. The van der Waals surface area contributed by atoms with Gasteiger partial charge in [-0.15, -0.1) is 0 Å². The van der Waals surface area contributed by atoms with Crippen LogP contribution in [0.3, 0.4) is 0 Å². The van der Waals surface area contributed by atoms with Gasteiger partial charge in [0.05, 0.1) is 17.0 Å². The van der Waals surface area contributed by atoms with E-state index in [1.165, 1.54) is 0 Å². The summed E-state index contributed by atoms with van der Waals surface area (Å²) < 4.78 is 70.9.